The number of rotatable bonds is 4. The van der Waals surface area contributed by atoms with Crippen molar-refractivity contribution in [2.45, 2.75) is 19.9 Å². The average molecular weight is 290 g/mol. The lowest BCUT2D eigenvalue weighted by Gasteiger charge is -2.14. The van der Waals surface area contributed by atoms with Crippen LogP contribution in [0, 0.1) is 22.9 Å². The highest BCUT2D eigenvalue weighted by Crippen LogP contribution is 2.35. The van der Waals surface area contributed by atoms with E-state index in [2.05, 4.69) is 0 Å². The number of hydrogen-bond acceptors (Lipinski definition) is 4. The summed E-state index contributed by atoms with van der Waals surface area (Å²) in [4.78, 5) is 10.5. The first-order valence-corrected chi connectivity index (χ1v) is 6.37. The van der Waals surface area contributed by atoms with Crippen molar-refractivity contribution in [3.8, 4) is 11.5 Å². The van der Waals surface area contributed by atoms with E-state index in [1.54, 1.807) is 19.9 Å². The van der Waals surface area contributed by atoms with Gasteiger partial charge in [-0.1, -0.05) is 12.1 Å². The monoisotopic (exact) mass is 290 g/mol. The van der Waals surface area contributed by atoms with Crippen molar-refractivity contribution >= 4 is 5.69 Å². The minimum atomic E-state index is -0.593. The van der Waals surface area contributed by atoms with E-state index in [-0.39, 0.29) is 22.7 Å². The van der Waals surface area contributed by atoms with Gasteiger partial charge in [0.15, 0.2) is 0 Å². The molecule has 0 amide bonds. The minimum Gasteiger partial charge on any atom is -0.450 e. The van der Waals surface area contributed by atoms with Crippen LogP contribution < -0.4 is 10.5 Å². The topological polar surface area (TPSA) is 78.4 Å². The molecule has 0 spiro atoms. The fourth-order valence-electron chi connectivity index (χ4n) is 2.02. The molecule has 5 nitrogen and oxygen atoms in total. The first-order chi connectivity index (χ1) is 9.90. The Morgan fingerprint density at radius 3 is 2.62 bits per heavy atom. The van der Waals surface area contributed by atoms with Crippen LogP contribution in [0.3, 0.4) is 0 Å². The summed E-state index contributed by atoms with van der Waals surface area (Å²) >= 11 is 0. The predicted octanol–water partition coefficient (Wildman–Crippen LogP) is 3.85. The predicted molar refractivity (Wildman–Crippen MR) is 76.9 cm³/mol. The molecule has 21 heavy (non-hydrogen) atoms. The lowest BCUT2D eigenvalue weighted by Crippen LogP contribution is -2.09. The van der Waals surface area contributed by atoms with Crippen LogP contribution in [-0.2, 0) is 0 Å². The molecular weight excluding hydrogens is 275 g/mol. The summed E-state index contributed by atoms with van der Waals surface area (Å²) in [5.74, 6) is -0.260. The van der Waals surface area contributed by atoms with Crippen LogP contribution in [0.4, 0.5) is 10.1 Å². The minimum absolute atomic E-state index is 0.0625. The maximum Gasteiger partial charge on any atom is 0.311 e. The van der Waals surface area contributed by atoms with Gasteiger partial charge in [0.1, 0.15) is 11.6 Å². The summed E-state index contributed by atoms with van der Waals surface area (Å²) in [5, 5.41) is 11.0. The molecule has 1 atom stereocenters. The van der Waals surface area contributed by atoms with E-state index in [4.69, 9.17) is 10.5 Å². The molecule has 0 saturated carbocycles. The molecule has 110 valence electrons. The summed E-state index contributed by atoms with van der Waals surface area (Å²) in [7, 11) is 0. The fourth-order valence-corrected chi connectivity index (χ4v) is 2.02. The smallest absolute Gasteiger partial charge is 0.311 e. The van der Waals surface area contributed by atoms with Crippen molar-refractivity contribution < 1.29 is 14.1 Å². The van der Waals surface area contributed by atoms with E-state index in [1.807, 2.05) is 0 Å². The molecule has 2 aromatic carbocycles. The van der Waals surface area contributed by atoms with Gasteiger partial charge in [-0.25, -0.2) is 4.39 Å². The largest absolute Gasteiger partial charge is 0.450 e. The van der Waals surface area contributed by atoms with Gasteiger partial charge in [-0.2, -0.15) is 0 Å². The third-order valence-electron chi connectivity index (χ3n) is 3.00. The summed E-state index contributed by atoms with van der Waals surface area (Å²) in [6.07, 6.45) is 0. The summed E-state index contributed by atoms with van der Waals surface area (Å²) in [6.45, 7) is 3.41. The summed E-state index contributed by atoms with van der Waals surface area (Å²) in [6, 6.07) is 8.19. The molecular formula is C15H15FN2O3. The van der Waals surface area contributed by atoms with E-state index in [0.717, 1.165) is 5.56 Å². The third-order valence-corrected chi connectivity index (χ3v) is 3.00. The van der Waals surface area contributed by atoms with E-state index in [1.165, 1.54) is 30.3 Å². The van der Waals surface area contributed by atoms with Crippen molar-refractivity contribution in [1.29, 1.82) is 0 Å². The third kappa shape index (κ3) is 3.17. The standard InChI is InChI=1S/C15H15FN2O3/c1-9-6-7-12(18(19)20)14(8-9)21-13-5-3-4-11(16)15(13)10(2)17/h3-8,10H,17H2,1-2H3/t10-/m1/s1. The Kier molecular flexibility index (Phi) is 4.18. The lowest BCUT2D eigenvalue weighted by molar-refractivity contribution is -0.385. The van der Waals surface area contributed by atoms with Gasteiger partial charge < -0.3 is 10.5 Å². The van der Waals surface area contributed by atoms with E-state index < -0.39 is 16.8 Å². The molecule has 0 heterocycles. The summed E-state index contributed by atoms with van der Waals surface area (Å²) in [5.41, 5.74) is 6.55. The Morgan fingerprint density at radius 2 is 2.00 bits per heavy atom. The normalized spacial score (nSPS) is 12.0. The number of halogens is 1. The maximum absolute atomic E-state index is 13.8. The second-order valence-electron chi connectivity index (χ2n) is 4.77. The van der Waals surface area contributed by atoms with Crippen LogP contribution in [0.15, 0.2) is 36.4 Å². The Bertz CT molecular complexity index is 687. The molecule has 0 radical (unpaired) electrons. The molecule has 0 unspecified atom stereocenters. The molecule has 0 bridgehead atoms. The van der Waals surface area contributed by atoms with E-state index in [0.29, 0.717) is 0 Å². The molecule has 2 aromatic rings. The maximum atomic E-state index is 13.8. The molecule has 2 N–H and O–H groups in total. The van der Waals surface area contributed by atoms with Gasteiger partial charge in [0, 0.05) is 17.7 Å². The number of aryl methyl sites for hydroxylation is 1. The molecule has 6 heteroatoms. The number of nitrogens with zero attached hydrogens (tertiary/aromatic N) is 1. The van der Waals surface area contributed by atoms with Crippen LogP contribution in [0.25, 0.3) is 0 Å². The van der Waals surface area contributed by atoms with Crippen molar-refractivity contribution in [3.05, 3.63) is 63.5 Å². The van der Waals surface area contributed by atoms with Gasteiger partial charge in [0.25, 0.3) is 0 Å². The van der Waals surface area contributed by atoms with Crippen molar-refractivity contribution in [1.82, 2.24) is 0 Å². The quantitative estimate of drug-likeness (QED) is 0.685. The van der Waals surface area contributed by atoms with Crippen LogP contribution in [0.1, 0.15) is 24.1 Å². The zero-order chi connectivity index (χ0) is 15.6. The van der Waals surface area contributed by atoms with Crippen LogP contribution in [0.2, 0.25) is 0 Å². The molecule has 0 fully saturated rings. The fraction of sp³-hybridized carbons (Fsp3) is 0.200. The number of nitrogens with two attached hydrogens (primary N) is 1. The van der Waals surface area contributed by atoms with Crippen molar-refractivity contribution in [3.63, 3.8) is 0 Å². The second-order valence-corrected chi connectivity index (χ2v) is 4.77. The first kappa shape index (κ1) is 14.9. The Balaban J connectivity index is 2.50. The average Bonchev–Trinajstić information content (AvgIpc) is 2.37. The zero-order valence-electron chi connectivity index (χ0n) is 11.7. The van der Waals surface area contributed by atoms with Gasteiger partial charge in [-0.15, -0.1) is 0 Å². The van der Waals surface area contributed by atoms with Gasteiger partial charge in [0.2, 0.25) is 5.75 Å². The van der Waals surface area contributed by atoms with Gasteiger partial charge >= 0.3 is 5.69 Å². The lowest BCUT2D eigenvalue weighted by atomic mass is 10.1. The van der Waals surface area contributed by atoms with Crippen LogP contribution in [-0.4, -0.2) is 4.92 Å². The van der Waals surface area contributed by atoms with E-state index >= 15 is 0 Å². The highest BCUT2D eigenvalue weighted by Gasteiger charge is 2.19. The molecule has 0 aliphatic carbocycles. The molecule has 2 rings (SSSR count). The highest BCUT2D eigenvalue weighted by molar-refractivity contribution is 5.51. The number of ether oxygens (including phenoxy) is 1. The van der Waals surface area contributed by atoms with Gasteiger partial charge in [-0.05, 0) is 37.6 Å². The number of nitro benzene ring substituents is 1. The SMILES string of the molecule is Cc1ccc([N+](=O)[O-])c(Oc2cccc(F)c2[C@@H](C)N)c1. The molecule has 0 saturated heterocycles. The molecule has 0 aliphatic heterocycles. The van der Waals surface area contributed by atoms with Gasteiger partial charge in [-0.3, -0.25) is 10.1 Å². The van der Waals surface area contributed by atoms with E-state index in [9.17, 15) is 14.5 Å². The Morgan fingerprint density at radius 1 is 1.29 bits per heavy atom. The zero-order valence-corrected chi connectivity index (χ0v) is 11.7. The van der Waals surface area contributed by atoms with Crippen molar-refractivity contribution in [2.24, 2.45) is 5.73 Å². The Labute approximate surface area is 121 Å². The van der Waals surface area contributed by atoms with Crippen molar-refractivity contribution in [2.75, 3.05) is 0 Å². The first-order valence-electron chi connectivity index (χ1n) is 6.37. The van der Waals surface area contributed by atoms with Gasteiger partial charge in [0.05, 0.1) is 4.92 Å². The summed E-state index contributed by atoms with van der Waals surface area (Å²) < 4.78 is 19.4. The molecule has 0 aliphatic rings. The number of benzene rings is 2. The number of nitro groups is 1. The van der Waals surface area contributed by atoms with Crippen LogP contribution >= 0.6 is 0 Å². The van der Waals surface area contributed by atoms with Crippen LogP contribution in [0.5, 0.6) is 11.5 Å². The number of hydrogen-bond donors (Lipinski definition) is 1. The molecule has 0 aromatic heterocycles. The Hall–Kier alpha value is -2.47. The second kappa shape index (κ2) is 5.88. The highest BCUT2D eigenvalue weighted by atomic mass is 19.1.